The summed E-state index contributed by atoms with van der Waals surface area (Å²) in [5, 5.41) is 1.53. The van der Waals surface area contributed by atoms with Crippen LogP contribution in [-0.2, 0) is 30.1 Å². The van der Waals surface area contributed by atoms with Crippen molar-refractivity contribution in [3.05, 3.63) is 161 Å². The van der Waals surface area contributed by atoms with Crippen LogP contribution in [0, 0.1) is 11.3 Å². The molecule has 0 radical (unpaired) electrons. The molecule has 0 amide bonds. The number of allylic oxidation sites excluding steroid dienone is 6. The van der Waals surface area contributed by atoms with Gasteiger partial charge in [0.2, 0.25) is 0 Å². The fraction of sp³-hybridized carbons (Fsp3) is 0.277. The monoisotopic (exact) mass is 770 g/mol. The van der Waals surface area contributed by atoms with E-state index < -0.39 is 19.3 Å². The van der Waals surface area contributed by atoms with Crippen molar-refractivity contribution in [2.75, 3.05) is 0 Å². The Kier molecular flexibility index (Phi) is 8.05. The van der Waals surface area contributed by atoms with E-state index in [2.05, 4.69) is 172 Å². The first-order chi connectivity index (χ1) is 23.6. The van der Waals surface area contributed by atoms with Gasteiger partial charge in [-0.2, -0.15) is 0 Å². The van der Waals surface area contributed by atoms with Crippen LogP contribution in [0.5, 0.6) is 0 Å². The van der Waals surface area contributed by atoms with Crippen LogP contribution in [0.1, 0.15) is 104 Å². The van der Waals surface area contributed by atoms with Gasteiger partial charge >= 0.3 is 315 Å². The van der Waals surface area contributed by atoms with Gasteiger partial charge in [-0.3, -0.25) is 0 Å². The van der Waals surface area contributed by atoms with Gasteiger partial charge in [-0.25, -0.2) is 0 Å². The third-order valence-electron chi connectivity index (χ3n) is 11.7. The zero-order chi connectivity index (χ0) is 35.4. The Labute approximate surface area is 312 Å². The Bertz CT molecular complexity index is 2200. The second-order valence-corrected chi connectivity index (χ2v) is 26.9. The first kappa shape index (κ1) is 34.1. The van der Waals surface area contributed by atoms with Gasteiger partial charge in [0.25, 0.3) is 0 Å². The van der Waals surface area contributed by atoms with Crippen molar-refractivity contribution in [2.24, 2.45) is 11.3 Å². The van der Waals surface area contributed by atoms with Gasteiger partial charge in [-0.1, -0.05) is 0 Å². The van der Waals surface area contributed by atoms with E-state index in [0.717, 1.165) is 10.0 Å². The Balaban J connectivity index is 1.55. The van der Waals surface area contributed by atoms with Crippen LogP contribution >= 0.6 is 23.2 Å². The average Bonchev–Trinajstić information content (AvgIpc) is 3.78. The summed E-state index contributed by atoms with van der Waals surface area (Å²) < 4.78 is 7.34. The van der Waals surface area contributed by atoms with Crippen LogP contribution in [-0.4, -0.2) is 7.42 Å². The summed E-state index contributed by atoms with van der Waals surface area (Å²) in [5.74, 6) is 0.319. The predicted octanol–water partition coefficient (Wildman–Crippen LogP) is 13.0. The molecule has 3 heteroatoms. The van der Waals surface area contributed by atoms with Crippen LogP contribution in [0.25, 0.3) is 23.3 Å². The van der Waals surface area contributed by atoms with E-state index in [0.29, 0.717) is 5.92 Å². The number of rotatable bonds is 4. The van der Waals surface area contributed by atoms with E-state index in [9.17, 15) is 0 Å². The van der Waals surface area contributed by atoms with E-state index in [1.807, 2.05) is 0 Å². The summed E-state index contributed by atoms with van der Waals surface area (Å²) in [6.07, 6.45) is 14.6. The first-order valence-electron chi connectivity index (χ1n) is 18.0. The van der Waals surface area contributed by atoms with Crippen LogP contribution < -0.4 is 0 Å². The van der Waals surface area contributed by atoms with Crippen molar-refractivity contribution in [3.8, 4) is 11.1 Å². The normalized spacial score (nSPS) is 19.2. The molecule has 0 aromatic heterocycles. The van der Waals surface area contributed by atoms with E-state index in [1.54, 1.807) is 3.28 Å². The van der Waals surface area contributed by atoms with Crippen LogP contribution in [0.15, 0.2) is 106 Å². The van der Waals surface area contributed by atoms with Gasteiger partial charge in [0.15, 0.2) is 0 Å². The van der Waals surface area contributed by atoms with Gasteiger partial charge in [0.05, 0.1) is 0 Å². The zero-order valence-corrected chi connectivity index (χ0v) is 34.4. The van der Waals surface area contributed by atoms with Gasteiger partial charge in [0.1, 0.15) is 0 Å². The van der Waals surface area contributed by atoms with Gasteiger partial charge in [0, 0.05) is 0 Å². The number of halogens is 2. The Morgan fingerprint density at radius 3 is 1.50 bits per heavy atom. The van der Waals surface area contributed by atoms with E-state index >= 15 is 0 Å². The molecule has 0 nitrogen and oxygen atoms in total. The molecule has 0 saturated carbocycles. The molecule has 1 unspecified atom stereocenters. The zero-order valence-electron chi connectivity index (χ0n) is 30.5. The van der Waals surface area contributed by atoms with Crippen molar-refractivity contribution in [2.45, 2.75) is 69.8 Å². The number of benzene rings is 4. The molecule has 0 saturated heterocycles. The van der Waals surface area contributed by atoms with Crippen molar-refractivity contribution in [1.82, 2.24) is 0 Å². The molecule has 252 valence electrons. The van der Waals surface area contributed by atoms with Gasteiger partial charge in [-0.05, 0) is 0 Å². The fourth-order valence-electron chi connectivity index (χ4n) is 8.96. The molecular weight excluding hydrogens is 727 g/mol. The predicted molar refractivity (Wildman–Crippen MR) is 216 cm³/mol. The summed E-state index contributed by atoms with van der Waals surface area (Å²) in [4.78, 5) is 0. The van der Waals surface area contributed by atoms with Crippen LogP contribution in [0.2, 0.25) is 10.0 Å². The van der Waals surface area contributed by atoms with E-state index in [4.69, 9.17) is 23.2 Å². The van der Waals surface area contributed by atoms with Crippen LogP contribution in [0.4, 0.5) is 0 Å². The van der Waals surface area contributed by atoms with Crippen molar-refractivity contribution >= 4 is 42.8 Å². The van der Waals surface area contributed by atoms with E-state index in [1.165, 1.54) is 61.2 Å². The summed E-state index contributed by atoms with van der Waals surface area (Å²) in [6.45, 7) is 18.9. The summed E-state index contributed by atoms with van der Waals surface area (Å²) in [7, 11) is 0. The molecule has 0 N–H and O–H groups in total. The number of fused-ring (bicyclic) bond motifs is 5. The molecule has 0 aliphatic heterocycles. The van der Waals surface area contributed by atoms with E-state index in [-0.39, 0.29) is 19.9 Å². The average molecular weight is 773 g/mol. The number of hydrogen-bond acceptors (Lipinski definition) is 0. The molecule has 0 spiro atoms. The van der Waals surface area contributed by atoms with Crippen molar-refractivity contribution < 1.29 is 19.3 Å². The Hall–Kier alpha value is -2.96. The first-order valence-corrected chi connectivity index (χ1v) is 24.2. The molecule has 4 aromatic carbocycles. The standard InChI is InChI=1S/C23H21.C10H15.2C7H5Cl.Zr/c1-22(2)7-5-14-10-18-16(12-20(14)22)9-17-13-21-15(11-19(17)18)6-8-23(21,3)4;1-8-5-6-9(7-8)10(2,3)4;2*1-6-2-4-7(8)5-3-6;/h5-13H,1-4H3;6-8H,1-4H3;2*1-5H;. The Morgan fingerprint density at radius 1 is 0.660 bits per heavy atom. The fourth-order valence-corrected chi connectivity index (χ4v) is 22.4. The third kappa shape index (κ3) is 5.59. The molecule has 4 aromatic rings. The van der Waals surface area contributed by atoms with Crippen LogP contribution in [0.3, 0.4) is 0 Å². The maximum absolute atomic E-state index is 6.52. The van der Waals surface area contributed by atoms with Gasteiger partial charge in [-0.15, -0.1) is 0 Å². The topological polar surface area (TPSA) is 0 Å². The second-order valence-electron chi connectivity index (χ2n) is 17.2. The Morgan fingerprint density at radius 2 is 1.10 bits per heavy atom. The second kappa shape index (κ2) is 11.8. The molecule has 0 fully saturated rings. The number of hydrogen-bond donors (Lipinski definition) is 0. The van der Waals surface area contributed by atoms with Crippen molar-refractivity contribution in [3.63, 3.8) is 0 Å². The van der Waals surface area contributed by atoms with Crippen molar-refractivity contribution in [1.29, 1.82) is 0 Å². The quantitative estimate of drug-likeness (QED) is 0.194. The molecule has 0 bridgehead atoms. The molecule has 1 atom stereocenters. The minimum absolute atomic E-state index is 0.0188. The SMILES string of the molecule is CC1C=C(C(C)(C)C)C=[C]1[Zr](=[CH]c1ccc(Cl)cc1)(=[CH]c1ccc(Cl)cc1)[CH]1c2cc3c(cc2-c2cc4c(cc21)C(C)(C)C=C4)C=CC3(C)C. The summed E-state index contributed by atoms with van der Waals surface area (Å²) in [5.41, 5.74) is 15.3. The summed E-state index contributed by atoms with van der Waals surface area (Å²) >= 11 is 9.00. The molecule has 4 aliphatic carbocycles. The van der Waals surface area contributed by atoms with Gasteiger partial charge < -0.3 is 0 Å². The molecular formula is C47H46Cl2Zr. The maximum atomic E-state index is 6.52. The summed E-state index contributed by atoms with van der Waals surface area (Å²) in [6, 6.07) is 27.4. The molecule has 4 aliphatic rings. The molecule has 50 heavy (non-hydrogen) atoms. The third-order valence-corrected chi connectivity index (χ3v) is 24.0. The molecule has 8 rings (SSSR count). The minimum atomic E-state index is -4.04. The molecule has 0 heterocycles.